The summed E-state index contributed by atoms with van der Waals surface area (Å²) in [6.07, 6.45) is -4.54. The first kappa shape index (κ1) is 18.8. The molecule has 0 spiro atoms. The van der Waals surface area contributed by atoms with Gasteiger partial charge in [0.15, 0.2) is 0 Å². The molecule has 0 saturated carbocycles. The van der Waals surface area contributed by atoms with Crippen LogP contribution in [0.4, 0.5) is 24.5 Å². The molecule has 8 heteroatoms. The van der Waals surface area contributed by atoms with Gasteiger partial charge in [0.1, 0.15) is 0 Å². The van der Waals surface area contributed by atoms with Crippen molar-refractivity contribution in [1.82, 2.24) is 0 Å². The number of epoxide rings is 2. The average molecular weight is 392 g/mol. The molecule has 2 heterocycles. The molecule has 0 aromatic heterocycles. The van der Waals surface area contributed by atoms with Gasteiger partial charge in [-0.2, -0.15) is 13.2 Å². The van der Waals surface area contributed by atoms with E-state index in [9.17, 15) is 18.0 Å². The fraction of sp³-hybridized carbons (Fsp3) is 0.350. The third-order valence-electron chi connectivity index (χ3n) is 4.61. The van der Waals surface area contributed by atoms with Crippen molar-refractivity contribution in [2.75, 3.05) is 36.5 Å². The Balaban J connectivity index is 1.60. The van der Waals surface area contributed by atoms with Crippen molar-refractivity contribution in [3.63, 3.8) is 0 Å². The standard InChI is InChI=1S/C20H19F3N2O3/c21-20(22,23)17-8-14(25(9-15-11-27-15)10-16-12-28-16)6-7-18(17)24-19(26)13-4-2-1-3-5-13/h1-8,15-16H,9-12H2,(H,24,26). The van der Waals surface area contributed by atoms with E-state index in [0.29, 0.717) is 32.0 Å². The first-order chi connectivity index (χ1) is 13.4. The fourth-order valence-corrected chi connectivity index (χ4v) is 2.98. The summed E-state index contributed by atoms with van der Waals surface area (Å²) >= 11 is 0. The molecule has 2 aliphatic heterocycles. The second kappa shape index (κ2) is 7.44. The molecule has 5 nitrogen and oxygen atoms in total. The van der Waals surface area contributed by atoms with Gasteiger partial charge in [0.05, 0.1) is 36.7 Å². The summed E-state index contributed by atoms with van der Waals surface area (Å²) in [4.78, 5) is 14.1. The second-order valence-electron chi connectivity index (χ2n) is 6.86. The molecule has 2 unspecified atom stereocenters. The summed E-state index contributed by atoms with van der Waals surface area (Å²) in [6.45, 7) is 2.23. The van der Waals surface area contributed by atoms with Gasteiger partial charge in [-0.25, -0.2) is 0 Å². The van der Waals surface area contributed by atoms with Gasteiger partial charge in [-0.3, -0.25) is 4.79 Å². The van der Waals surface area contributed by atoms with Gasteiger partial charge in [0.2, 0.25) is 0 Å². The van der Waals surface area contributed by atoms with E-state index >= 15 is 0 Å². The third kappa shape index (κ3) is 4.63. The molecule has 4 rings (SSSR count). The Morgan fingerprint density at radius 3 is 2.18 bits per heavy atom. The number of halogens is 3. The van der Waals surface area contributed by atoms with Crippen molar-refractivity contribution in [3.05, 3.63) is 59.7 Å². The first-order valence-electron chi connectivity index (χ1n) is 8.96. The van der Waals surface area contributed by atoms with E-state index < -0.39 is 17.6 Å². The molecule has 28 heavy (non-hydrogen) atoms. The fourth-order valence-electron chi connectivity index (χ4n) is 2.98. The molecule has 1 amide bonds. The maximum atomic E-state index is 13.7. The van der Waals surface area contributed by atoms with Gasteiger partial charge >= 0.3 is 6.18 Å². The van der Waals surface area contributed by atoms with Crippen molar-refractivity contribution in [3.8, 4) is 0 Å². The number of benzene rings is 2. The van der Waals surface area contributed by atoms with Gasteiger partial charge in [-0.05, 0) is 30.3 Å². The molecule has 0 bridgehead atoms. The van der Waals surface area contributed by atoms with E-state index in [1.54, 1.807) is 36.4 Å². The lowest BCUT2D eigenvalue weighted by Crippen LogP contribution is -2.32. The third-order valence-corrected chi connectivity index (χ3v) is 4.61. The van der Waals surface area contributed by atoms with Gasteiger partial charge in [-0.15, -0.1) is 0 Å². The minimum absolute atomic E-state index is 0.0329. The van der Waals surface area contributed by atoms with Crippen LogP contribution in [0.15, 0.2) is 48.5 Å². The zero-order valence-electron chi connectivity index (χ0n) is 14.9. The summed E-state index contributed by atoms with van der Waals surface area (Å²) in [6, 6.07) is 12.1. The summed E-state index contributed by atoms with van der Waals surface area (Å²) in [5.74, 6) is -0.589. The van der Waals surface area contributed by atoms with Crippen molar-refractivity contribution in [2.45, 2.75) is 18.4 Å². The smallest absolute Gasteiger partial charge is 0.371 e. The molecule has 148 valence electrons. The van der Waals surface area contributed by atoms with E-state index in [2.05, 4.69) is 5.32 Å². The Morgan fingerprint density at radius 1 is 1.04 bits per heavy atom. The predicted molar refractivity (Wildman–Crippen MR) is 97.5 cm³/mol. The van der Waals surface area contributed by atoms with Crippen LogP contribution in [0.5, 0.6) is 0 Å². The van der Waals surface area contributed by atoms with Crippen molar-refractivity contribution in [2.24, 2.45) is 0 Å². The van der Waals surface area contributed by atoms with Crippen LogP contribution in [-0.4, -0.2) is 44.4 Å². The number of nitrogens with zero attached hydrogens (tertiary/aromatic N) is 1. The van der Waals surface area contributed by atoms with Crippen molar-refractivity contribution >= 4 is 17.3 Å². The molecular formula is C20H19F3N2O3. The highest BCUT2D eigenvalue weighted by Crippen LogP contribution is 2.38. The molecule has 2 aromatic carbocycles. The minimum atomic E-state index is -4.60. The Kier molecular flexibility index (Phi) is 4.99. The predicted octanol–water partition coefficient (Wildman–Crippen LogP) is 3.56. The number of amides is 1. The van der Waals surface area contributed by atoms with Crippen LogP contribution in [0.3, 0.4) is 0 Å². The molecule has 0 radical (unpaired) electrons. The van der Waals surface area contributed by atoms with E-state index in [1.807, 2.05) is 4.90 Å². The van der Waals surface area contributed by atoms with Gasteiger partial charge in [0, 0.05) is 24.3 Å². The van der Waals surface area contributed by atoms with E-state index in [4.69, 9.17) is 9.47 Å². The molecular weight excluding hydrogens is 373 g/mol. The monoisotopic (exact) mass is 392 g/mol. The number of nitrogens with one attached hydrogen (secondary N) is 1. The molecule has 2 aromatic rings. The van der Waals surface area contributed by atoms with Gasteiger partial charge < -0.3 is 19.7 Å². The average Bonchev–Trinajstić information content (AvgIpc) is 3.58. The highest BCUT2D eigenvalue weighted by Gasteiger charge is 2.36. The van der Waals surface area contributed by atoms with E-state index in [1.165, 1.54) is 6.07 Å². The van der Waals surface area contributed by atoms with Crippen LogP contribution in [0.25, 0.3) is 0 Å². The summed E-state index contributed by atoms with van der Waals surface area (Å²) in [5, 5.41) is 2.38. The molecule has 1 N–H and O–H groups in total. The largest absolute Gasteiger partial charge is 0.418 e. The Morgan fingerprint density at radius 2 is 1.64 bits per heavy atom. The molecule has 2 atom stereocenters. The van der Waals surface area contributed by atoms with Gasteiger partial charge in [0.25, 0.3) is 5.91 Å². The number of hydrogen-bond donors (Lipinski definition) is 1. The number of rotatable bonds is 7. The maximum absolute atomic E-state index is 13.7. The van der Waals surface area contributed by atoms with Crippen LogP contribution in [-0.2, 0) is 15.7 Å². The second-order valence-corrected chi connectivity index (χ2v) is 6.86. The molecule has 2 aliphatic rings. The highest BCUT2D eigenvalue weighted by atomic mass is 19.4. The minimum Gasteiger partial charge on any atom is -0.371 e. The van der Waals surface area contributed by atoms with Gasteiger partial charge in [-0.1, -0.05) is 18.2 Å². The number of hydrogen-bond acceptors (Lipinski definition) is 4. The topological polar surface area (TPSA) is 57.4 Å². The number of ether oxygens (including phenoxy) is 2. The Bertz CT molecular complexity index is 836. The van der Waals surface area contributed by atoms with Crippen LogP contribution in [0, 0.1) is 0 Å². The molecule has 0 aliphatic carbocycles. The summed E-state index contributed by atoms with van der Waals surface area (Å²) < 4.78 is 51.5. The quantitative estimate of drug-likeness (QED) is 0.732. The van der Waals surface area contributed by atoms with E-state index in [0.717, 1.165) is 6.07 Å². The number of carbonyl (C=O) groups excluding carboxylic acids is 1. The lowest BCUT2D eigenvalue weighted by molar-refractivity contribution is -0.136. The highest BCUT2D eigenvalue weighted by molar-refractivity contribution is 6.04. The summed E-state index contributed by atoms with van der Waals surface area (Å²) in [7, 11) is 0. The lowest BCUT2D eigenvalue weighted by atomic mass is 10.1. The number of anilines is 2. The zero-order chi connectivity index (χ0) is 19.7. The Hall–Kier alpha value is -2.58. The van der Waals surface area contributed by atoms with Crippen LogP contribution < -0.4 is 10.2 Å². The van der Waals surface area contributed by atoms with Crippen molar-refractivity contribution in [1.29, 1.82) is 0 Å². The van der Waals surface area contributed by atoms with Crippen LogP contribution in [0.1, 0.15) is 15.9 Å². The van der Waals surface area contributed by atoms with Crippen molar-refractivity contribution < 1.29 is 27.4 Å². The molecule has 2 saturated heterocycles. The number of carbonyl (C=O) groups is 1. The first-order valence-corrected chi connectivity index (χ1v) is 8.96. The van der Waals surface area contributed by atoms with E-state index in [-0.39, 0.29) is 23.5 Å². The maximum Gasteiger partial charge on any atom is 0.418 e. The SMILES string of the molecule is O=C(Nc1ccc(N(CC2CO2)CC2CO2)cc1C(F)(F)F)c1ccccc1. The normalized spacial score (nSPS) is 20.5. The van der Waals surface area contributed by atoms with Crippen LogP contribution >= 0.6 is 0 Å². The zero-order valence-corrected chi connectivity index (χ0v) is 14.9. The Labute approximate surface area is 160 Å². The lowest BCUT2D eigenvalue weighted by Gasteiger charge is -2.25. The molecule has 2 fully saturated rings. The summed E-state index contributed by atoms with van der Waals surface area (Å²) in [5.41, 5.74) is -0.433. The number of alkyl halides is 3. The van der Waals surface area contributed by atoms with Crippen LogP contribution in [0.2, 0.25) is 0 Å².